The van der Waals surface area contributed by atoms with Crippen molar-refractivity contribution < 1.29 is 23.4 Å². The monoisotopic (exact) mass is 433 g/mol. The number of carboxylic acid groups (broad SMARTS) is 1. The zero-order valence-corrected chi connectivity index (χ0v) is 17.4. The summed E-state index contributed by atoms with van der Waals surface area (Å²) < 4.78 is 34.6. The molecule has 4 rings (SSSR count). The van der Waals surface area contributed by atoms with E-state index in [2.05, 4.69) is 11.9 Å². The molecular formula is C26H21F2NO3. The number of unbranched alkanes of at least 4 members (excludes halogenated alkanes) is 1. The molecule has 4 nitrogen and oxygen atoms in total. The number of aromatic nitrogens is 1. The van der Waals surface area contributed by atoms with Gasteiger partial charge in [0.05, 0.1) is 23.4 Å². The standard InChI is InChI=1S/C26H21F2NO3/c1-2-3-12-32-25-7-5-4-6-18(25)16-8-10-19(22(28)13-16)24-15-21(26(30)31)20-14-17(27)9-11-23(20)29-24/h4-11,13-15H,2-3,12H2,1H3,(H,30,31). The summed E-state index contributed by atoms with van der Waals surface area (Å²) in [7, 11) is 0. The minimum absolute atomic E-state index is 0.136. The van der Waals surface area contributed by atoms with Crippen molar-refractivity contribution in [2.75, 3.05) is 6.61 Å². The van der Waals surface area contributed by atoms with Gasteiger partial charge in [-0.15, -0.1) is 0 Å². The van der Waals surface area contributed by atoms with Crippen molar-refractivity contribution in [3.63, 3.8) is 0 Å². The van der Waals surface area contributed by atoms with Crippen LogP contribution in [0.4, 0.5) is 8.78 Å². The molecule has 0 saturated heterocycles. The third-order valence-electron chi connectivity index (χ3n) is 5.20. The molecule has 0 unspecified atom stereocenters. The molecule has 3 aromatic carbocycles. The third kappa shape index (κ3) is 4.30. The van der Waals surface area contributed by atoms with Crippen LogP contribution in [0.2, 0.25) is 0 Å². The average molecular weight is 433 g/mol. The van der Waals surface area contributed by atoms with Gasteiger partial charge < -0.3 is 9.84 Å². The molecule has 1 heterocycles. The fraction of sp³-hybridized carbons (Fsp3) is 0.154. The largest absolute Gasteiger partial charge is 0.493 e. The van der Waals surface area contributed by atoms with Crippen molar-refractivity contribution in [2.45, 2.75) is 19.8 Å². The minimum Gasteiger partial charge on any atom is -0.493 e. The second-order valence-electron chi connectivity index (χ2n) is 7.41. The van der Waals surface area contributed by atoms with Crippen molar-refractivity contribution in [1.29, 1.82) is 0 Å². The van der Waals surface area contributed by atoms with Crippen LogP contribution in [0.15, 0.2) is 66.7 Å². The molecule has 0 aliphatic carbocycles. The Kier molecular flexibility index (Phi) is 6.12. The summed E-state index contributed by atoms with van der Waals surface area (Å²) in [6.07, 6.45) is 1.93. The maximum atomic E-state index is 15.2. The molecule has 6 heteroatoms. The van der Waals surface area contributed by atoms with E-state index in [0.717, 1.165) is 24.5 Å². The van der Waals surface area contributed by atoms with Gasteiger partial charge in [0.1, 0.15) is 17.4 Å². The normalized spacial score (nSPS) is 11.0. The molecule has 0 spiro atoms. The number of aromatic carboxylic acids is 1. The van der Waals surface area contributed by atoms with E-state index in [0.29, 0.717) is 17.9 Å². The fourth-order valence-electron chi connectivity index (χ4n) is 3.56. The maximum absolute atomic E-state index is 15.2. The predicted octanol–water partition coefficient (Wildman–Crippen LogP) is 6.72. The number of para-hydroxylation sites is 1. The highest BCUT2D eigenvalue weighted by molar-refractivity contribution is 6.03. The molecule has 0 amide bonds. The molecule has 1 aromatic heterocycles. The molecule has 0 radical (unpaired) electrons. The number of halogens is 2. The molecule has 162 valence electrons. The van der Waals surface area contributed by atoms with Crippen molar-refractivity contribution in [2.24, 2.45) is 0 Å². The number of benzene rings is 3. The molecule has 32 heavy (non-hydrogen) atoms. The van der Waals surface area contributed by atoms with Gasteiger partial charge in [0.15, 0.2) is 0 Å². The van der Waals surface area contributed by atoms with E-state index in [1.807, 2.05) is 24.3 Å². The topological polar surface area (TPSA) is 59.4 Å². The summed E-state index contributed by atoms with van der Waals surface area (Å²) in [5.41, 5.74) is 1.87. The lowest BCUT2D eigenvalue weighted by atomic mass is 9.99. The SMILES string of the molecule is CCCCOc1ccccc1-c1ccc(-c2cc(C(=O)O)c3cc(F)ccc3n2)c(F)c1. The smallest absolute Gasteiger partial charge is 0.336 e. The van der Waals surface area contributed by atoms with Gasteiger partial charge in [-0.1, -0.05) is 37.6 Å². The number of carbonyl (C=O) groups is 1. The first-order chi connectivity index (χ1) is 15.5. The molecule has 0 atom stereocenters. The summed E-state index contributed by atoms with van der Waals surface area (Å²) in [5, 5.41) is 9.73. The van der Waals surface area contributed by atoms with E-state index in [1.165, 1.54) is 24.3 Å². The van der Waals surface area contributed by atoms with Crippen molar-refractivity contribution in [3.8, 4) is 28.1 Å². The molecular weight excluding hydrogens is 412 g/mol. The molecule has 1 N–H and O–H groups in total. The second kappa shape index (κ2) is 9.14. The van der Waals surface area contributed by atoms with E-state index < -0.39 is 17.6 Å². The Balaban J connectivity index is 1.76. The van der Waals surface area contributed by atoms with Crippen molar-refractivity contribution in [3.05, 3.63) is 83.9 Å². The number of pyridine rings is 1. The quantitative estimate of drug-likeness (QED) is 0.329. The van der Waals surface area contributed by atoms with E-state index in [1.54, 1.807) is 12.1 Å². The summed E-state index contributed by atoms with van der Waals surface area (Å²) in [5.74, 6) is -1.67. The van der Waals surface area contributed by atoms with Crippen molar-refractivity contribution >= 4 is 16.9 Å². The summed E-state index contributed by atoms with van der Waals surface area (Å²) in [6.45, 7) is 2.66. The van der Waals surface area contributed by atoms with Crippen molar-refractivity contribution in [1.82, 2.24) is 4.98 Å². The minimum atomic E-state index is -1.24. The highest BCUT2D eigenvalue weighted by Gasteiger charge is 2.17. The average Bonchev–Trinajstić information content (AvgIpc) is 2.79. The first kappa shape index (κ1) is 21.4. The summed E-state index contributed by atoms with van der Waals surface area (Å²) in [4.78, 5) is 16.1. The summed E-state index contributed by atoms with van der Waals surface area (Å²) in [6, 6.07) is 17.1. The Morgan fingerprint density at radius 1 is 1.00 bits per heavy atom. The molecule has 0 aliphatic rings. The van der Waals surface area contributed by atoms with Gasteiger partial charge in [-0.2, -0.15) is 0 Å². The number of rotatable bonds is 7. The Labute approximate surface area is 184 Å². The van der Waals surface area contributed by atoms with Gasteiger partial charge in [-0.25, -0.2) is 18.6 Å². The van der Waals surface area contributed by atoms with Gasteiger partial charge in [0, 0.05) is 16.5 Å². The number of carboxylic acids is 1. The lowest BCUT2D eigenvalue weighted by Crippen LogP contribution is -2.01. The highest BCUT2D eigenvalue weighted by atomic mass is 19.1. The van der Waals surface area contributed by atoms with Gasteiger partial charge >= 0.3 is 5.97 Å². The summed E-state index contributed by atoms with van der Waals surface area (Å²) >= 11 is 0. The van der Waals surface area contributed by atoms with Crippen LogP contribution >= 0.6 is 0 Å². The Morgan fingerprint density at radius 2 is 1.81 bits per heavy atom. The van der Waals surface area contributed by atoms with Gasteiger partial charge in [0.25, 0.3) is 0 Å². The third-order valence-corrected chi connectivity index (χ3v) is 5.20. The first-order valence-corrected chi connectivity index (χ1v) is 10.3. The van der Waals surface area contributed by atoms with Crippen LogP contribution in [0.1, 0.15) is 30.1 Å². The van der Waals surface area contributed by atoms with E-state index in [-0.39, 0.29) is 27.7 Å². The zero-order valence-electron chi connectivity index (χ0n) is 17.4. The first-order valence-electron chi connectivity index (χ1n) is 10.3. The van der Waals surface area contributed by atoms with Crippen LogP contribution in [0.25, 0.3) is 33.3 Å². The molecule has 0 bridgehead atoms. The maximum Gasteiger partial charge on any atom is 0.336 e. The van der Waals surface area contributed by atoms with Gasteiger partial charge in [0.2, 0.25) is 0 Å². The van der Waals surface area contributed by atoms with Crippen LogP contribution in [0.5, 0.6) is 5.75 Å². The van der Waals surface area contributed by atoms with E-state index >= 15 is 4.39 Å². The highest BCUT2D eigenvalue weighted by Crippen LogP contribution is 2.34. The number of hydrogen-bond donors (Lipinski definition) is 1. The van der Waals surface area contributed by atoms with Crippen LogP contribution < -0.4 is 4.74 Å². The second-order valence-corrected chi connectivity index (χ2v) is 7.41. The van der Waals surface area contributed by atoms with Gasteiger partial charge in [-0.3, -0.25) is 0 Å². The molecule has 0 fully saturated rings. The van der Waals surface area contributed by atoms with Crippen LogP contribution in [-0.4, -0.2) is 22.7 Å². The lowest BCUT2D eigenvalue weighted by Gasteiger charge is -2.13. The Morgan fingerprint density at radius 3 is 2.56 bits per heavy atom. The number of nitrogens with zero attached hydrogens (tertiary/aromatic N) is 1. The zero-order chi connectivity index (χ0) is 22.7. The predicted molar refractivity (Wildman–Crippen MR) is 120 cm³/mol. The number of hydrogen-bond acceptors (Lipinski definition) is 3. The lowest BCUT2D eigenvalue weighted by molar-refractivity contribution is 0.0699. The van der Waals surface area contributed by atoms with Gasteiger partial charge in [-0.05, 0) is 54.4 Å². The van der Waals surface area contributed by atoms with E-state index in [4.69, 9.17) is 4.74 Å². The molecule has 0 aliphatic heterocycles. The Hall–Kier alpha value is -3.80. The molecule has 0 saturated carbocycles. The Bertz CT molecular complexity index is 1300. The van der Waals surface area contributed by atoms with Crippen LogP contribution in [0, 0.1) is 11.6 Å². The number of ether oxygens (including phenoxy) is 1. The number of fused-ring (bicyclic) bond motifs is 1. The van der Waals surface area contributed by atoms with E-state index in [9.17, 15) is 14.3 Å². The van der Waals surface area contributed by atoms with Crippen LogP contribution in [0.3, 0.4) is 0 Å². The molecule has 4 aromatic rings. The van der Waals surface area contributed by atoms with Crippen LogP contribution in [-0.2, 0) is 0 Å². The fourth-order valence-corrected chi connectivity index (χ4v) is 3.56.